The van der Waals surface area contributed by atoms with Gasteiger partial charge in [-0.05, 0) is 26.3 Å². The van der Waals surface area contributed by atoms with E-state index >= 15 is 0 Å². The van der Waals surface area contributed by atoms with Crippen molar-refractivity contribution in [1.29, 1.82) is 0 Å². The van der Waals surface area contributed by atoms with E-state index in [1.807, 2.05) is 6.92 Å². The quantitative estimate of drug-likeness (QED) is 0.830. The number of aromatic amines is 1. The molecule has 0 bridgehead atoms. The Morgan fingerprint density at radius 2 is 2.39 bits per heavy atom. The molecule has 1 fully saturated rings. The lowest BCUT2D eigenvalue weighted by molar-refractivity contribution is 0.412. The SMILES string of the molecule is Cc1cc(=O)c(-c2nc(C3CCCN3)no2)c[nH]1. The summed E-state index contributed by atoms with van der Waals surface area (Å²) in [5.74, 6) is 0.905. The van der Waals surface area contributed by atoms with E-state index in [1.165, 1.54) is 6.07 Å². The van der Waals surface area contributed by atoms with Crippen molar-refractivity contribution in [3.8, 4) is 11.5 Å². The van der Waals surface area contributed by atoms with Crippen LogP contribution in [0.15, 0.2) is 21.6 Å². The predicted octanol–water partition coefficient (Wildman–Crippen LogP) is 1.16. The smallest absolute Gasteiger partial charge is 0.263 e. The lowest BCUT2D eigenvalue weighted by atomic mass is 10.2. The molecule has 6 heteroatoms. The molecular weight excluding hydrogens is 232 g/mol. The van der Waals surface area contributed by atoms with Crippen molar-refractivity contribution < 1.29 is 4.52 Å². The largest absolute Gasteiger partial charge is 0.364 e. The average Bonchev–Trinajstić information content (AvgIpc) is 2.99. The molecule has 0 saturated carbocycles. The highest BCUT2D eigenvalue weighted by Gasteiger charge is 2.22. The highest BCUT2D eigenvalue weighted by atomic mass is 16.5. The van der Waals surface area contributed by atoms with Crippen LogP contribution in [0.3, 0.4) is 0 Å². The summed E-state index contributed by atoms with van der Waals surface area (Å²) in [4.78, 5) is 19.1. The van der Waals surface area contributed by atoms with Crippen molar-refractivity contribution in [2.75, 3.05) is 6.54 Å². The Labute approximate surface area is 103 Å². The van der Waals surface area contributed by atoms with Gasteiger partial charge in [0.15, 0.2) is 11.3 Å². The first-order valence-corrected chi connectivity index (χ1v) is 6.01. The summed E-state index contributed by atoms with van der Waals surface area (Å²) in [7, 11) is 0. The van der Waals surface area contributed by atoms with Gasteiger partial charge in [0.05, 0.1) is 6.04 Å². The normalized spacial score (nSPS) is 19.3. The molecule has 3 heterocycles. The topological polar surface area (TPSA) is 83.8 Å². The van der Waals surface area contributed by atoms with E-state index in [-0.39, 0.29) is 17.4 Å². The molecule has 18 heavy (non-hydrogen) atoms. The second-order valence-electron chi connectivity index (χ2n) is 4.50. The molecule has 2 N–H and O–H groups in total. The van der Waals surface area contributed by atoms with E-state index in [2.05, 4.69) is 20.4 Å². The Kier molecular flexibility index (Phi) is 2.71. The van der Waals surface area contributed by atoms with Gasteiger partial charge in [-0.25, -0.2) is 0 Å². The Hall–Kier alpha value is -1.95. The summed E-state index contributed by atoms with van der Waals surface area (Å²) in [6, 6.07) is 1.67. The Bertz CT molecular complexity index is 611. The number of aryl methyl sites for hydroxylation is 1. The van der Waals surface area contributed by atoms with Crippen molar-refractivity contribution in [2.24, 2.45) is 0 Å². The lowest BCUT2D eigenvalue weighted by Gasteiger charge is -2.01. The van der Waals surface area contributed by atoms with E-state index in [9.17, 15) is 4.79 Å². The molecule has 1 aliphatic heterocycles. The zero-order chi connectivity index (χ0) is 12.5. The third-order valence-electron chi connectivity index (χ3n) is 3.10. The predicted molar refractivity (Wildman–Crippen MR) is 65.1 cm³/mol. The monoisotopic (exact) mass is 246 g/mol. The number of hydrogen-bond donors (Lipinski definition) is 2. The number of pyridine rings is 1. The molecule has 1 atom stereocenters. The van der Waals surface area contributed by atoms with Crippen LogP contribution >= 0.6 is 0 Å². The van der Waals surface area contributed by atoms with Crippen LogP contribution in [-0.4, -0.2) is 21.7 Å². The van der Waals surface area contributed by atoms with Crippen LogP contribution in [-0.2, 0) is 0 Å². The molecule has 0 radical (unpaired) electrons. The van der Waals surface area contributed by atoms with Crippen LogP contribution in [0, 0.1) is 6.92 Å². The van der Waals surface area contributed by atoms with Gasteiger partial charge in [0.1, 0.15) is 5.56 Å². The van der Waals surface area contributed by atoms with Crippen molar-refractivity contribution >= 4 is 0 Å². The maximum Gasteiger partial charge on any atom is 0.263 e. The van der Waals surface area contributed by atoms with Crippen LogP contribution in [0.1, 0.15) is 30.4 Å². The number of aromatic nitrogens is 3. The van der Waals surface area contributed by atoms with E-state index in [1.54, 1.807) is 6.20 Å². The first-order valence-electron chi connectivity index (χ1n) is 6.01. The van der Waals surface area contributed by atoms with Crippen molar-refractivity contribution in [1.82, 2.24) is 20.4 Å². The molecule has 0 aliphatic carbocycles. The molecular formula is C12H14N4O2. The number of rotatable bonds is 2. The Morgan fingerprint density at radius 3 is 3.11 bits per heavy atom. The highest BCUT2D eigenvalue weighted by molar-refractivity contribution is 5.50. The molecule has 0 aromatic carbocycles. The van der Waals surface area contributed by atoms with Gasteiger partial charge in [-0.15, -0.1) is 0 Å². The summed E-state index contributed by atoms with van der Waals surface area (Å²) in [5.41, 5.74) is 1.11. The fraction of sp³-hybridized carbons (Fsp3) is 0.417. The second kappa shape index (κ2) is 4.38. The van der Waals surface area contributed by atoms with E-state index in [4.69, 9.17) is 4.52 Å². The summed E-state index contributed by atoms with van der Waals surface area (Å²) in [6.07, 6.45) is 3.72. The van der Waals surface area contributed by atoms with Gasteiger partial charge in [0, 0.05) is 18.0 Å². The minimum Gasteiger partial charge on any atom is -0.364 e. The zero-order valence-electron chi connectivity index (χ0n) is 10.1. The molecule has 0 amide bonds. The average molecular weight is 246 g/mol. The molecule has 6 nitrogen and oxygen atoms in total. The van der Waals surface area contributed by atoms with Gasteiger partial charge in [0.25, 0.3) is 5.89 Å². The van der Waals surface area contributed by atoms with Crippen molar-refractivity contribution in [3.05, 3.63) is 34.0 Å². The maximum absolute atomic E-state index is 11.8. The number of nitrogens with one attached hydrogen (secondary N) is 2. The van der Waals surface area contributed by atoms with E-state index in [0.29, 0.717) is 11.4 Å². The van der Waals surface area contributed by atoms with E-state index < -0.39 is 0 Å². The Morgan fingerprint density at radius 1 is 1.50 bits per heavy atom. The third-order valence-corrected chi connectivity index (χ3v) is 3.10. The maximum atomic E-state index is 11.8. The number of hydrogen-bond acceptors (Lipinski definition) is 5. The van der Waals surface area contributed by atoms with E-state index in [0.717, 1.165) is 25.1 Å². The molecule has 1 unspecified atom stereocenters. The van der Waals surface area contributed by atoms with Crippen LogP contribution in [0.2, 0.25) is 0 Å². The third kappa shape index (κ3) is 1.95. The first-order chi connectivity index (χ1) is 8.74. The lowest BCUT2D eigenvalue weighted by Crippen LogP contribution is -2.14. The standard InChI is InChI=1S/C12H14N4O2/c1-7-5-10(17)8(6-14-7)12-15-11(16-18-12)9-3-2-4-13-9/h5-6,9,13H,2-4H2,1H3,(H,14,17). The van der Waals surface area contributed by atoms with Gasteiger partial charge in [-0.3, -0.25) is 4.79 Å². The zero-order valence-corrected chi connectivity index (χ0v) is 10.1. The number of H-pyrrole nitrogens is 1. The van der Waals surface area contributed by atoms with Crippen LogP contribution in [0.5, 0.6) is 0 Å². The minimum absolute atomic E-state index is 0.110. The summed E-state index contributed by atoms with van der Waals surface area (Å²) < 4.78 is 5.16. The molecule has 94 valence electrons. The Balaban J connectivity index is 1.95. The summed E-state index contributed by atoms with van der Waals surface area (Å²) in [6.45, 7) is 2.80. The van der Waals surface area contributed by atoms with Gasteiger partial charge in [-0.2, -0.15) is 4.98 Å². The second-order valence-corrected chi connectivity index (χ2v) is 4.50. The molecule has 2 aromatic rings. The van der Waals surface area contributed by atoms with Crippen molar-refractivity contribution in [3.63, 3.8) is 0 Å². The minimum atomic E-state index is -0.110. The molecule has 1 aliphatic rings. The fourth-order valence-corrected chi connectivity index (χ4v) is 2.13. The van der Waals surface area contributed by atoms with Gasteiger partial charge < -0.3 is 14.8 Å². The molecule has 2 aromatic heterocycles. The van der Waals surface area contributed by atoms with Crippen LogP contribution < -0.4 is 10.7 Å². The van der Waals surface area contributed by atoms with Gasteiger partial charge >= 0.3 is 0 Å². The molecule has 1 saturated heterocycles. The molecule has 0 spiro atoms. The summed E-state index contributed by atoms with van der Waals surface area (Å²) in [5, 5.41) is 7.23. The first kappa shape index (κ1) is 11.2. The number of nitrogens with zero attached hydrogens (tertiary/aromatic N) is 2. The summed E-state index contributed by atoms with van der Waals surface area (Å²) >= 11 is 0. The van der Waals surface area contributed by atoms with Crippen molar-refractivity contribution in [2.45, 2.75) is 25.8 Å². The van der Waals surface area contributed by atoms with Gasteiger partial charge in [0.2, 0.25) is 0 Å². The van der Waals surface area contributed by atoms with Crippen LogP contribution in [0.25, 0.3) is 11.5 Å². The van der Waals surface area contributed by atoms with Crippen LogP contribution in [0.4, 0.5) is 0 Å². The fourth-order valence-electron chi connectivity index (χ4n) is 2.13. The molecule has 3 rings (SSSR count). The van der Waals surface area contributed by atoms with Gasteiger partial charge in [-0.1, -0.05) is 5.16 Å². The highest BCUT2D eigenvalue weighted by Crippen LogP contribution is 2.22.